The molecule has 1 amide bonds. The summed E-state index contributed by atoms with van der Waals surface area (Å²) in [5, 5.41) is 13.7. The van der Waals surface area contributed by atoms with Gasteiger partial charge in [0, 0.05) is 36.3 Å². The number of nitro groups is 1. The Bertz CT molecular complexity index is 554. The summed E-state index contributed by atoms with van der Waals surface area (Å²) in [6.45, 7) is 3.05. The van der Waals surface area contributed by atoms with Crippen LogP contribution in [0.4, 0.5) is 5.69 Å². The molecule has 0 atom stereocenters. The molecule has 1 saturated carbocycles. The Labute approximate surface area is 130 Å². The Morgan fingerprint density at radius 1 is 1.41 bits per heavy atom. The lowest BCUT2D eigenvalue weighted by Gasteiger charge is -2.23. The average Bonchev–Trinajstić information content (AvgIpc) is 3.00. The van der Waals surface area contributed by atoms with Gasteiger partial charge in [-0.05, 0) is 38.9 Å². The molecule has 22 heavy (non-hydrogen) atoms. The van der Waals surface area contributed by atoms with Crippen LogP contribution in [-0.2, 0) is 0 Å². The molecule has 6 nitrogen and oxygen atoms in total. The van der Waals surface area contributed by atoms with Crippen LogP contribution in [0, 0.1) is 17.0 Å². The van der Waals surface area contributed by atoms with Crippen molar-refractivity contribution in [2.24, 2.45) is 0 Å². The first-order valence-electron chi connectivity index (χ1n) is 7.72. The predicted molar refractivity (Wildman–Crippen MR) is 85.1 cm³/mol. The molecule has 0 heterocycles. The molecular weight excluding hydrogens is 282 g/mol. The number of aryl methyl sites for hydroxylation is 1. The lowest BCUT2D eigenvalue weighted by Crippen LogP contribution is -2.37. The summed E-state index contributed by atoms with van der Waals surface area (Å²) in [7, 11) is 2.10. The van der Waals surface area contributed by atoms with Crippen molar-refractivity contribution in [3.05, 3.63) is 39.4 Å². The zero-order chi connectivity index (χ0) is 16.1. The van der Waals surface area contributed by atoms with Gasteiger partial charge in [-0.15, -0.1) is 0 Å². The van der Waals surface area contributed by atoms with Crippen LogP contribution < -0.4 is 5.32 Å². The van der Waals surface area contributed by atoms with E-state index < -0.39 is 4.92 Å². The lowest BCUT2D eigenvalue weighted by atomic mass is 10.1. The molecule has 0 spiro atoms. The number of amides is 1. The van der Waals surface area contributed by atoms with Gasteiger partial charge < -0.3 is 10.2 Å². The number of hydrogen-bond donors (Lipinski definition) is 1. The highest BCUT2D eigenvalue weighted by atomic mass is 16.6. The first-order chi connectivity index (χ1) is 10.5. The van der Waals surface area contributed by atoms with E-state index in [1.807, 2.05) is 0 Å². The van der Waals surface area contributed by atoms with E-state index in [0.717, 1.165) is 6.54 Å². The van der Waals surface area contributed by atoms with Crippen LogP contribution in [0.25, 0.3) is 0 Å². The zero-order valence-corrected chi connectivity index (χ0v) is 13.2. The Morgan fingerprint density at radius 3 is 2.68 bits per heavy atom. The summed E-state index contributed by atoms with van der Waals surface area (Å²) in [4.78, 5) is 24.7. The largest absolute Gasteiger partial charge is 0.351 e. The van der Waals surface area contributed by atoms with Crippen molar-refractivity contribution in [3.63, 3.8) is 0 Å². The SMILES string of the molecule is Cc1cc(C(=O)NCCN(C)C2CCCC2)ccc1[N+](=O)[O-]. The maximum atomic E-state index is 12.1. The van der Waals surface area contributed by atoms with Crippen molar-refractivity contribution in [1.82, 2.24) is 10.2 Å². The summed E-state index contributed by atoms with van der Waals surface area (Å²) in [5.74, 6) is -0.183. The summed E-state index contributed by atoms with van der Waals surface area (Å²) in [5.41, 5.74) is 1.00. The molecule has 0 aromatic heterocycles. The van der Waals surface area contributed by atoms with Gasteiger partial charge in [-0.2, -0.15) is 0 Å². The van der Waals surface area contributed by atoms with Gasteiger partial charge in [0.25, 0.3) is 11.6 Å². The number of carbonyl (C=O) groups excluding carboxylic acids is 1. The highest BCUT2D eigenvalue weighted by Gasteiger charge is 2.19. The number of likely N-dealkylation sites (N-methyl/N-ethyl adjacent to an activating group) is 1. The van der Waals surface area contributed by atoms with E-state index in [-0.39, 0.29) is 11.6 Å². The number of nitro benzene ring substituents is 1. The lowest BCUT2D eigenvalue weighted by molar-refractivity contribution is -0.385. The molecular formula is C16H23N3O3. The smallest absolute Gasteiger partial charge is 0.272 e. The fourth-order valence-corrected chi connectivity index (χ4v) is 2.98. The highest BCUT2D eigenvalue weighted by Crippen LogP contribution is 2.22. The highest BCUT2D eigenvalue weighted by molar-refractivity contribution is 5.94. The molecule has 1 aromatic carbocycles. The molecule has 1 aliphatic carbocycles. The molecule has 0 aliphatic heterocycles. The van der Waals surface area contributed by atoms with Crippen LogP contribution in [0.15, 0.2) is 18.2 Å². The van der Waals surface area contributed by atoms with Crippen molar-refractivity contribution in [1.29, 1.82) is 0 Å². The van der Waals surface area contributed by atoms with Gasteiger partial charge >= 0.3 is 0 Å². The topological polar surface area (TPSA) is 75.5 Å². The Kier molecular flexibility index (Phi) is 5.49. The number of nitrogens with zero attached hydrogens (tertiary/aromatic N) is 2. The van der Waals surface area contributed by atoms with E-state index in [1.54, 1.807) is 13.0 Å². The van der Waals surface area contributed by atoms with Gasteiger partial charge in [0.2, 0.25) is 0 Å². The van der Waals surface area contributed by atoms with Gasteiger partial charge in [0.1, 0.15) is 0 Å². The fraction of sp³-hybridized carbons (Fsp3) is 0.562. The molecule has 0 saturated heterocycles. The van der Waals surface area contributed by atoms with Gasteiger partial charge in [0.05, 0.1) is 4.92 Å². The molecule has 0 radical (unpaired) electrons. The van der Waals surface area contributed by atoms with Gasteiger partial charge in [0.15, 0.2) is 0 Å². The van der Waals surface area contributed by atoms with Crippen molar-refractivity contribution < 1.29 is 9.72 Å². The van der Waals surface area contributed by atoms with Crippen molar-refractivity contribution in [3.8, 4) is 0 Å². The van der Waals surface area contributed by atoms with Gasteiger partial charge in [-0.3, -0.25) is 14.9 Å². The number of hydrogen-bond acceptors (Lipinski definition) is 4. The van der Waals surface area contributed by atoms with Crippen molar-refractivity contribution in [2.75, 3.05) is 20.1 Å². The summed E-state index contributed by atoms with van der Waals surface area (Å²) in [6, 6.07) is 5.09. The third kappa shape index (κ3) is 4.04. The van der Waals surface area contributed by atoms with E-state index in [0.29, 0.717) is 23.7 Å². The van der Waals surface area contributed by atoms with Crippen LogP contribution in [-0.4, -0.2) is 41.9 Å². The van der Waals surface area contributed by atoms with E-state index >= 15 is 0 Å². The Morgan fingerprint density at radius 2 is 2.09 bits per heavy atom. The van der Waals surface area contributed by atoms with Crippen LogP contribution in [0.2, 0.25) is 0 Å². The molecule has 1 aliphatic rings. The molecule has 0 unspecified atom stereocenters. The van der Waals surface area contributed by atoms with Crippen LogP contribution in [0.5, 0.6) is 0 Å². The molecule has 2 rings (SSSR count). The minimum Gasteiger partial charge on any atom is -0.351 e. The standard InChI is InChI=1S/C16H23N3O3/c1-12-11-13(7-8-15(12)19(21)22)16(20)17-9-10-18(2)14-5-3-4-6-14/h7-8,11,14H,3-6,9-10H2,1-2H3,(H,17,20). The van der Waals surface area contributed by atoms with E-state index in [2.05, 4.69) is 17.3 Å². The number of rotatable bonds is 6. The van der Waals surface area contributed by atoms with Crippen molar-refractivity contribution in [2.45, 2.75) is 38.6 Å². The Hall–Kier alpha value is -1.95. The first-order valence-corrected chi connectivity index (χ1v) is 7.72. The Balaban J connectivity index is 1.84. The summed E-state index contributed by atoms with van der Waals surface area (Å²) in [6.07, 6.45) is 5.07. The maximum Gasteiger partial charge on any atom is 0.272 e. The monoisotopic (exact) mass is 305 g/mol. The molecule has 1 N–H and O–H groups in total. The molecule has 6 heteroatoms. The number of nitrogens with one attached hydrogen (secondary N) is 1. The second-order valence-corrected chi connectivity index (χ2v) is 5.93. The number of carbonyl (C=O) groups is 1. The van der Waals surface area contributed by atoms with Crippen LogP contribution in [0.1, 0.15) is 41.6 Å². The van der Waals surface area contributed by atoms with Gasteiger partial charge in [-0.1, -0.05) is 12.8 Å². The van der Waals surface area contributed by atoms with E-state index in [1.165, 1.54) is 37.8 Å². The van der Waals surface area contributed by atoms with Crippen LogP contribution in [0.3, 0.4) is 0 Å². The van der Waals surface area contributed by atoms with Gasteiger partial charge in [-0.25, -0.2) is 0 Å². The maximum absolute atomic E-state index is 12.1. The molecule has 0 bridgehead atoms. The molecule has 1 fully saturated rings. The second kappa shape index (κ2) is 7.35. The summed E-state index contributed by atoms with van der Waals surface area (Å²) < 4.78 is 0. The van der Waals surface area contributed by atoms with E-state index in [9.17, 15) is 14.9 Å². The number of benzene rings is 1. The fourth-order valence-electron chi connectivity index (χ4n) is 2.98. The average molecular weight is 305 g/mol. The first kappa shape index (κ1) is 16.4. The molecule has 120 valence electrons. The molecule has 1 aromatic rings. The third-order valence-corrected chi connectivity index (χ3v) is 4.35. The predicted octanol–water partition coefficient (Wildman–Crippen LogP) is 2.51. The normalized spacial score (nSPS) is 15.2. The minimum atomic E-state index is -0.437. The quantitative estimate of drug-likeness (QED) is 0.647. The van der Waals surface area contributed by atoms with Crippen molar-refractivity contribution >= 4 is 11.6 Å². The summed E-state index contributed by atoms with van der Waals surface area (Å²) >= 11 is 0. The van der Waals surface area contributed by atoms with Crippen LogP contribution >= 0.6 is 0 Å². The zero-order valence-electron chi connectivity index (χ0n) is 13.2. The second-order valence-electron chi connectivity index (χ2n) is 5.93. The third-order valence-electron chi connectivity index (χ3n) is 4.35. The minimum absolute atomic E-state index is 0.0394. The van der Waals surface area contributed by atoms with E-state index in [4.69, 9.17) is 0 Å².